The molecule has 0 saturated heterocycles. The van der Waals surface area contributed by atoms with Gasteiger partial charge in [0.1, 0.15) is 0 Å². The van der Waals surface area contributed by atoms with E-state index in [-0.39, 0.29) is 24.8 Å². The summed E-state index contributed by atoms with van der Waals surface area (Å²) < 4.78 is 26.5. The van der Waals surface area contributed by atoms with Crippen molar-refractivity contribution in [2.24, 2.45) is 11.7 Å². The lowest BCUT2D eigenvalue weighted by atomic mass is 9.80. The fourth-order valence-corrected chi connectivity index (χ4v) is 3.15. The molecule has 2 aromatic rings. The smallest absolute Gasteiger partial charge is 0.248 e. The van der Waals surface area contributed by atoms with E-state index in [1.807, 2.05) is 37.3 Å². The second-order valence-electron chi connectivity index (χ2n) is 6.12. The Morgan fingerprint density at radius 1 is 1.19 bits per heavy atom. The van der Waals surface area contributed by atoms with Crippen LogP contribution in [0.15, 0.2) is 30.3 Å². The third-order valence-electron chi connectivity index (χ3n) is 4.51. The average Bonchev–Trinajstić information content (AvgIpc) is 2.46. The summed E-state index contributed by atoms with van der Waals surface area (Å²) in [5, 5.41) is 1.05. The van der Waals surface area contributed by atoms with Gasteiger partial charge in [-0.2, -0.15) is 0 Å². The number of benzene rings is 1. The summed E-state index contributed by atoms with van der Waals surface area (Å²) in [7, 11) is 0. The van der Waals surface area contributed by atoms with Gasteiger partial charge in [-0.3, -0.25) is 4.98 Å². The van der Waals surface area contributed by atoms with Crippen LogP contribution in [0.2, 0.25) is 0 Å². The van der Waals surface area contributed by atoms with Gasteiger partial charge in [0, 0.05) is 30.0 Å². The van der Waals surface area contributed by atoms with Gasteiger partial charge >= 0.3 is 0 Å². The number of nitrogens with zero attached hydrogens (tertiary/aromatic N) is 1. The zero-order chi connectivity index (χ0) is 15.0. The van der Waals surface area contributed by atoms with Crippen LogP contribution in [-0.4, -0.2) is 10.9 Å². The van der Waals surface area contributed by atoms with Crippen LogP contribution in [0.3, 0.4) is 0 Å². The van der Waals surface area contributed by atoms with Crippen LogP contribution in [0.4, 0.5) is 8.78 Å². The van der Waals surface area contributed by atoms with Gasteiger partial charge in [-0.25, -0.2) is 8.78 Å². The molecule has 1 saturated carbocycles. The predicted octanol–water partition coefficient (Wildman–Crippen LogP) is 4.37. The van der Waals surface area contributed by atoms with Gasteiger partial charge < -0.3 is 5.73 Å². The molecule has 0 aliphatic heterocycles. The number of alkyl halides is 2. The number of halogens is 2. The van der Waals surface area contributed by atoms with Crippen molar-refractivity contribution < 1.29 is 8.78 Å². The molecule has 0 amide bonds. The van der Waals surface area contributed by atoms with E-state index in [4.69, 9.17) is 5.73 Å². The normalized spacial score (nSPS) is 20.6. The van der Waals surface area contributed by atoms with Crippen molar-refractivity contribution in [3.63, 3.8) is 0 Å². The highest BCUT2D eigenvalue weighted by Crippen LogP contribution is 2.40. The van der Waals surface area contributed by atoms with Crippen LogP contribution in [-0.2, 0) is 0 Å². The largest absolute Gasteiger partial charge is 0.324 e. The molecule has 112 valence electrons. The van der Waals surface area contributed by atoms with Crippen LogP contribution in [0.5, 0.6) is 0 Å². The maximum Gasteiger partial charge on any atom is 0.248 e. The quantitative estimate of drug-likeness (QED) is 0.892. The summed E-state index contributed by atoms with van der Waals surface area (Å²) in [5.41, 5.74) is 9.26. The van der Waals surface area contributed by atoms with Gasteiger partial charge in [-0.05, 0) is 49.4 Å². The first-order chi connectivity index (χ1) is 9.94. The van der Waals surface area contributed by atoms with E-state index in [2.05, 4.69) is 4.98 Å². The second-order valence-corrected chi connectivity index (χ2v) is 6.12. The van der Waals surface area contributed by atoms with Crippen molar-refractivity contribution in [2.45, 2.75) is 44.6 Å². The van der Waals surface area contributed by atoms with Gasteiger partial charge in [-0.15, -0.1) is 0 Å². The van der Waals surface area contributed by atoms with Gasteiger partial charge in [0.05, 0.1) is 5.52 Å². The molecule has 1 aromatic heterocycles. The molecule has 3 rings (SSSR count). The molecular formula is C17H20F2N2. The third-order valence-corrected chi connectivity index (χ3v) is 4.51. The van der Waals surface area contributed by atoms with Crippen molar-refractivity contribution in [3.05, 3.63) is 41.6 Å². The highest BCUT2D eigenvalue weighted by Gasteiger charge is 2.37. The highest BCUT2D eigenvalue weighted by atomic mass is 19.3. The van der Waals surface area contributed by atoms with E-state index in [0.29, 0.717) is 12.8 Å². The number of pyridine rings is 1. The summed E-state index contributed by atoms with van der Waals surface area (Å²) >= 11 is 0. The van der Waals surface area contributed by atoms with E-state index in [1.165, 1.54) is 0 Å². The molecule has 0 bridgehead atoms. The fourth-order valence-electron chi connectivity index (χ4n) is 3.15. The molecule has 1 unspecified atom stereocenters. The molecule has 1 aliphatic rings. The van der Waals surface area contributed by atoms with E-state index in [0.717, 1.165) is 22.2 Å². The fraction of sp³-hybridized carbons (Fsp3) is 0.471. The molecule has 1 aromatic carbocycles. The van der Waals surface area contributed by atoms with Crippen molar-refractivity contribution in [2.75, 3.05) is 0 Å². The lowest BCUT2D eigenvalue weighted by molar-refractivity contribution is -0.0483. The molecule has 0 radical (unpaired) electrons. The Labute approximate surface area is 123 Å². The lowest BCUT2D eigenvalue weighted by Gasteiger charge is -2.32. The molecule has 1 heterocycles. The van der Waals surface area contributed by atoms with Gasteiger partial charge in [0.15, 0.2) is 0 Å². The third kappa shape index (κ3) is 3.05. The highest BCUT2D eigenvalue weighted by molar-refractivity contribution is 5.79. The van der Waals surface area contributed by atoms with Crippen LogP contribution in [0.25, 0.3) is 10.9 Å². The zero-order valence-corrected chi connectivity index (χ0v) is 12.2. The molecule has 0 spiro atoms. The van der Waals surface area contributed by atoms with Crippen molar-refractivity contribution in [1.29, 1.82) is 0 Å². The van der Waals surface area contributed by atoms with Crippen molar-refractivity contribution in [3.8, 4) is 0 Å². The Kier molecular flexibility index (Phi) is 3.66. The van der Waals surface area contributed by atoms with E-state index >= 15 is 0 Å². The van der Waals surface area contributed by atoms with Gasteiger partial charge in [0.25, 0.3) is 0 Å². The summed E-state index contributed by atoms with van der Waals surface area (Å²) in [6, 6.07) is 9.81. The number of hydrogen-bond acceptors (Lipinski definition) is 2. The molecule has 1 aliphatic carbocycles. The lowest BCUT2D eigenvalue weighted by Crippen LogP contribution is -2.30. The first kappa shape index (κ1) is 14.4. The molecule has 21 heavy (non-hydrogen) atoms. The van der Waals surface area contributed by atoms with E-state index in [1.54, 1.807) is 0 Å². The van der Waals surface area contributed by atoms with Gasteiger partial charge in [-0.1, -0.05) is 12.1 Å². The predicted molar refractivity (Wildman–Crippen MR) is 80.3 cm³/mol. The maximum atomic E-state index is 13.2. The maximum absolute atomic E-state index is 13.2. The SMILES string of the molecule is Cc1ccc2cc(C(N)C3CCC(F)(F)CC3)ccc2n1. The molecule has 2 nitrogen and oxygen atoms in total. The average molecular weight is 290 g/mol. The number of rotatable bonds is 2. The second kappa shape index (κ2) is 5.34. The van der Waals surface area contributed by atoms with Gasteiger partial charge in [0.2, 0.25) is 5.92 Å². The monoisotopic (exact) mass is 290 g/mol. The standard InChI is InChI=1S/C17H20F2N2/c1-11-2-3-13-10-14(4-5-15(13)21-11)16(20)12-6-8-17(18,19)9-7-12/h2-5,10,12,16H,6-9,20H2,1H3. The Morgan fingerprint density at radius 3 is 2.62 bits per heavy atom. The Balaban J connectivity index is 1.81. The number of nitrogens with two attached hydrogens (primary N) is 1. The summed E-state index contributed by atoms with van der Waals surface area (Å²) in [5.74, 6) is -2.36. The molecule has 4 heteroatoms. The zero-order valence-electron chi connectivity index (χ0n) is 12.2. The van der Waals surface area contributed by atoms with Crippen LogP contribution >= 0.6 is 0 Å². The Hall–Kier alpha value is -1.55. The topological polar surface area (TPSA) is 38.9 Å². The Morgan fingerprint density at radius 2 is 1.90 bits per heavy atom. The minimum Gasteiger partial charge on any atom is -0.324 e. The van der Waals surface area contributed by atoms with Crippen molar-refractivity contribution in [1.82, 2.24) is 4.98 Å². The minimum atomic E-state index is -2.50. The summed E-state index contributed by atoms with van der Waals surface area (Å²) in [4.78, 5) is 4.47. The molecule has 1 atom stereocenters. The number of fused-ring (bicyclic) bond motifs is 1. The van der Waals surface area contributed by atoms with E-state index < -0.39 is 5.92 Å². The van der Waals surface area contributed by atoms with Crippen LogP contribution in [0, 0.1) is 12.8 Å². The molecule has 2 N–H and O–H groups in total. The first-order valence-corrected chi connectivity index (χ1v) is 7.45. The summed E-state index contributed by atoms with van der Waals surface area (Å²) in [6.45, 7) is 1.96. The molecular weight excluding hydrogens is 270 g/mol. The summed E-state index contributed by atoms with van der Waals surface area (Å²) in [6.07, 6.45) is 0.913. The minimum absolute atomic E-state index is 0.0420. The number of aryl methyl sites for hydroxylation is 1. The number of hydrogen-bond donors (Lipinski definition) is 1. The van der Waals surface area contributed by atoms with Crippen molar-refractivity contribution >= 4 is 10.9 Å². The first-order valence-electron chi connectivity index (χ1n) is 7.45. The number of aromatic nitrogens is 1. The van der Waals surface area contributed by atoms with E-state index in [9.17, 15) is 8.78 Å². The van der Waals surface area contributed by atoms with Crippen LogP contribution in [0.1, 0.15) is 43.0 Å². The van der Waals surface area contributed by atoms with Crippen LogP contribution < -0.4 is 5.73 Å². The Bertz CT molecular complexity index is 644. The molecule has 1 fully saturated rings.